The zero-order chi connectivity index (χ0) is 6.54. The standard InChI is InChI=1S/C6H10O3/c1-5-3-4-6(2,7-5)9-8-5/h3-4H2,1-2H3. The van der Waals surface area contributed by atoms with E-state index >= 15 is 0 Å². The normalized spacial score (nSPS) is 56.7. The summed E-state index contributed by atoms with van der Waals surface area (Å²) in [6.45, 7) is 3.79. The van der Waals surface area contributed by atoms with E-state index in [4.69, 9.17) is 14.5 Å². The summed E-state index contributed by atoms with van der Waals surface area (Å²) in [7, 11) is 0. The van der Waals surface area contributed by atoms with Crippen LogP contribution in [0.4, 0.5) is 0 Å². The van der Waals surface area contributed by atoms with Crippen LogP contribution in [-0.4, -0.2) is 11.6 Å². The van der Waals surface area contributed by atoms with E-state index in [2.05, 4.69) is 0 Å². The molecule has 0 spiro atoms. The summed E-state index contributed by atoms with van der Waals surface area (Å²) in [5, 5.41) is 0. The van der Waals surface area contributed by atoms with E-state index in [0.29, 0.717) is 0 Å². The summed E-state index contributed by atoms with van der Waals surface area (Å²) in [5.41, 5.74) is 0. The van der Waals surface area contributed by atoms with Crippen molar-refractivity contribution in [1.29, 1.82) is 0 Å². The molecule has 2 fully saturated rings. The molecule has 0 radical (unpaired) electrons. The lowest BCUT2D eigenvalue weighted by Gasteiger charge is -2.16. The second-order valence-corrected chi connectivity index (χ2v) is 3.04. The first-order valence-corrected chi connectivity index (χ1v) is 3.19. The SMILES string of the molecule is CC12CCC(C)(OO1)O2. The molecule has 0 aromatic rings. The maximum atomic E-state index is 5.40. The minimum absolute atomic E-state index is 0.450. The quantitative estimate of drug-likeness (QED) is 0.461. The third-order valence-electron chi connectivity index (χ3n) is 1.86. The van der Waals surface area contributed by atoms with Gasteiger partial charge in [-0.05, 0) is 13.8 Å². The average Bonchev–Trinajstić information content (AvgIpc) is 2.19. The lowest BCUT2D eigenvalue weighted by Crippen LogP contribution is -2.22. The second kappa shape index (κ2) is 1.31. The lowest BCUT2D eigenvalue weighted by atomic mass is 10.1. The van der Waals surface area contributed by atoms with Crippen molar-refractivity contribution in [3.05, 3.63) is 0 Å². The molecular formula is C6H10O3. The van der Waals surface area contributed by atoms with Crippen LogP contribution in [0.5, 0.6) is 0 Å². The molecule has 0 aromatic heterocycles. The fraction of sp³-hybridized carbons (Fsp3) is 1.00. The molecule has 2 unspecified atom stereocenters. The summed E-state index contributed by atoms with van der Waals surface area (Å²) in [6.07, 6.45) is 1.87. The van der Waals surface area contributed by atoms with Crippen molar-refractivity contribution in [2.45, 2.75) is 38.3 Å². The van der Waals surface area contributed by atoms with Gasteiger partial charge in [0.25, 0.3) is 0 Å². The first-order valence-electron chi connectivity index (χ1n) is 3.19. The minimum Gasteiger partial charge on any atom is -0.313 e. The van der Waals surface area contributed by atoms with Gasteiger partial charge in [-0.2, -0.15) is 9.78 Å². The van der Waals surface area contributed by atoms with Gasteiger partial charge in [-0.15, -0.1) is 0 Å². The van der Waals surface area contributed by atoms with Crippen LogP contribution in [0.2, 0.25) is 0 Å². The monoisotopic (exact) mass is 130 g/mol. The Hall–Kier alpha value is -0.120. The first kappa shape index (κ1) is 5.65. The Morgan fingerprint density at radius 2 is 1.44 bits per heavy atom. The van der Waals surface area contributed by atoms with E-state index in [0.717, 1.165) is 12.8 Å². The third-order valence-corrected chi connectivity index (χ3v) is 1.86. The highest BCUT2D eigenvalue weighted by Gasteiger charge is 2.54. The number of hydrogen-bond acceptors (Lipinski definition) is 3. The fourth-order valence-corrected chi connectivity index (χ4v) is 1.31. The molecule has 0 amide bonds. The largest absolute Gasteiger partial charge is 0.313 e. The highest BCUT2D eigenvalue weighted by atomic mass is 17.3. The Bertz CT molecular complexity index is 119. The van der Waals surface area contributed by atoms with Crippen LogP contribution in [0.3, 0.4) is 0 Å². The van der Waals surface area contributed by atoms with E-state index in [1.54, 1.807) is 0 Å². The molecule has 9 heavy (non-hydrogen) atoms. The zero-order valence-electron chi connectivity index (χ0n) is 5.64. The maximum absolute atomic E-state index is 5.40. The van der Waals surface area contributed by atoms with E-state index in [-0.39, 0.29) is 0 Å². The van der Waals surface area contributed by atoms with Gasteiger partial charge in [0.1, 0.15) is 0 Å². The van der Waals surface area contributed by atoms with Gasteiger partial charge in [0, 0.05) is 12.8 Å². The number of ether oxygens (including phenoxy) is 1. The predicted octanol–water partition coefficient (Wildman–Crippen LogP) is 1.19. The van der Waals surface area contributed by atoms with Crippen molar-refractivity contribution in [1.82, 2.24) is 0 Å². The Balaban J connectivity index is 2.25. The number of rotatable bonds is 0. The van der Waals surface area contributed by atoms with Crippen LogP contribution in [0.15, 0.2) is 0 Å². The van der Waals surface area contributed by atoms with Crippen LogP contribution in [0.25, 0.3) is 0 Å². The van der Waals surface area contributed by atoms with Gasteiger partial charge >= 0.3 is 0 Å². The molecule has 2 rings (SSSR count). The molecule has 3 nitrogen and oxygen atoms in total. The van der Waals surface area contributed by atoms with Gasteiger partial charge in [0.05, 0.1) is 0 Å². The van der Waals surface area contributed by atoms with E-state index < -0.39 is 11.6 Å². The van der Waals surface area contributed by atoms with Crippen molar-refractivity contribution in [3.8, 4) is 0 Å². The van der Waals surface area contributed by atoms with Crippen molar-refractivity contribution >= 4 is 0 Å². The van der Waals surface area contributed by atoms with E-state index in [1.807, 2.05) is 13.8 Å². The minimum atomic E-state index is -0.450. The Labute approximate surface area is 53.8 Å². The highest BCUT2D eigenvalue weighted by molar-refractivity contribution is 4.83. The van der Waals surface area contributed by atoms with Crippen LogP contribution < -0.4 is 0 Å². The third kappa shape index (κ3) is 0.689. The second-order valence-electron chi connectivity index (χ2n) is 3.04. The highest BCUT2D eigenvalue weighted by Crippen LogP contribution is 2.45. The summed E-state index contributed by atoms with van der Waals surface area (Å²) < 4.78 is 5.40. The lowest BCUT2D eigenvalue weighted by molar-refractivity contribution is -0.366. The summed E-state index contributed by atoms with van der Waals surface area (Å²) in [4.78, 5) is 9.84. The molecule has 2 aliphatic heterocycles. The first-order chi connectivity index (χ1) is 4.12. The summed E-state index contributed by atoms with van der Waals surface area (Å²) in [6, 6.07) is 0. The topological polar surface area (TPSA) is 27.7 Å². The molecule has 0 aliphatic carbocycles. The molecule has 2 bridgehead atoms. The van der Waals surface area contributed by atoms with Gasteiger partial charge in [0.15, 0.2) is 0 Å². The Morgan fingerprint density at radius 1 is 1.00 bits per heavy atom. The molecule has 0 saturated carbocycles. The van der Waals surface area contributed by atoms with Crippen LogP contribution in [0.1, 0.15) is 26.7 Å². The Morgan fingerprint density at radius 3 is 1.56 bits per heavy atom. The molecule has 2 atom stereocenters. The maximum Gasteiger partial charge on any atom is 0.202 e. The number of fused-ring (bicyclic) bond motifs is 2. The molecule has 2 heterocycles. The van der Waals surface area contributed by atoms with Gasteiger partial charge in [-0.25, -0.2) is 0 Å². The fourth-order valence-electron chi connectivity index (χ4n) is 1.31. The summed E-state index contributed by atoms with van der Waals surface area (Å²) >= 11 is 0. The smallest absolute Gasteiger partial charge is 0.202 e. The molecule has 52 valence electrons. The van der Waals surface area contributed by atoms with Gasteiger partial charge in [-0.3, -0.25) is 0 Å². The van der Waals surface area contributed by atoms with Crippen molar-refractivity contribution in [3.63, 3.8) is 0 Å². The number of hydrogen-bond donors (Lipinski definition) is 0. The van der Waals surface area contributed by atoms with Gasteiger partial charge in [-0.1, -0.05) is 0 Å². The van der Waals surface area contributed by atoms with E-state index in [9.17, 15) is 0 Å². The van der Waals surface area contributed by atoms with Crippen LogP contribution in [0, 0.1) is 0 Å². The van der Waals surface area contributed by atoms with Crippen LogP contribution >= 0.6 is 0 Å². The predicted molar refractivity (Wildman–Crippen MR) is 29.3 cm³/mol. The van der Waals surface area contributed by atoms with Crippen molar-refractivity contribution in [2.75, 3.05) is 0 Å². The molecule has 2 saturated heterocycles. The van der Waals surface area contributed by atoms with Crippen LogP contribution in [-0.2, 0) is 14.5 Å². The average molecular weight is 130 g/mol. The molecule has 2 aliphatic rings. The van der Waals surface area contributed by atoms with E-state index in [1.165, 1.54) is 0 Å². The molecule has 3 heteroatoms. The van der Waals surface area contributed by atoms with Gasteiger partial charge in [0.2, 0.25) is 11.6 Å². The molecule has 0 N–H and O–H groups in total. The van der Waals surface area contributed by atoms with Crippen molar-refractivity contribution in [2.24, 2.45) is 0 Å². The molecule has 0 aromatic carbocycles. The van der Waals surface area contributed by atoms with Crippen molar-refractivity contribution < 1.29 is 14.5 Å². The molecular weight excluding hydrogens is 120 g/mol. The van der Waals surface area contributed by atoms with Gasteiger partial charge < -0.3 is 4.74 Å². The zero-order valence-corrected chi connectivity index (χ0v) is 5.64. The Kier molecular flexibility index (Phi) is 0.822. The summed E-state index contributed by atoms with van der Waals surface area (Å²) in [5.74, 6) is -0.899.